The van der Waals surface area contributed by atoms with Crippen LogP contribution >= 0.6 is 0 Å². The highest BCUT2D eigenvalue weighted by molar-refractivity contribution is 6.03. The lowest BCUT2D eigenvalue weighted by Gasteiger charge is -2.22. The number of nitrogens with two attached hydrogens (primary N) is 1. The summed E-state index contributed by atoms with van der Waals surface area (Å²) < 4.78 is 21.4. The summed E-state index contributed by atoms with van der Waals surface area (Å²) in [6.45, 7) is 2.78. The van der Waals surface area contributed by atoms with Crippen molar-refractivity contribution < 1.29 is 9.13 Å². The van der Waals surface area contributed by atoms with Crippen LogP contribution in [0.4, 0.5) is 10.2 Å². The van der Waals surface area contributed by atoms with Crippen molar-refractivity contribution in [2.24, 2.45) is 21.2 Å². The molecule has 0 fully saturated rings. The van der Waals surface area contributed by atoms with Crippen molar-refractivity contribution >= 4 is 11.7 Å². The van der Waals surface area contributed by atoms with Gasteiger partial charge in [-0.25, -0.2) is 14.4 Å². The van der Waals surface area contributed by atoms with Crippen LogP contribution in [0.1, 0.15) is 18.2 Å². The van der Waals surface area contributed by atoms with Gasteiger partial charge in [0.1, 0.15) is 17.5 Å². The van der Waals surface area contributed by atoms with Crippen molar-refractivity contribution in [3.63, 3.8) is 0 Å². The molecular weight excluding hydrogens is 375 g/mol. The molecule has 3 aromatic rings. The standard InChI is InChI=1S/C19H19FN8O/c1-2-29-19-24-16(26-27-21)15-18(25-19)28(11-12-6-4-3-5-7-12)17(23-15)13-8-14(20)10-22-9-13/h3-10,19,25H,2,11H2,1H3,(H2,21,24,26). The molecule has 1 aliphatic heterocycles. The van der Waals surface area contributed by atoms with Gasteiger partial charge in [0.05, 0.1) is 12.7 Å². The van der Waals surface area contributed by atoms with E-state index >= 15 is 0 Å². The molecule has 1 atom stereocenters. The summed E-state index contributed by atoms with van der Waals surface area (Å²) in [5.41, 5.74) is 2.01. The molecule has 2 aromatic heterocycles. The molecule has 0 saturated heterocycles. The Morgan fingerprint density at radius 3 is 2.83 bits per heavy atom. The van der Waals surface area contributed by atoms with Crippen molar-refractivity contribution in [2.75, 3.05) is 11.9 Å². The van der Waals surface area contributed by atoms with E-state index in [2.05, 4.69) is 30.6 Å². The fourth-order valence-corrected chi connectivity index (χ4v) is 3.12. The Hall–Kier alpha value is -3.66. The van der Waals surface area contributed by atoms with Crippen LogP contribution in [0.3, 0.4) is 0 Å². The summed E-state index contributed by atoms with van der Waals surface area (Å²) in [5, 5.41) is 10.5. The molecule has 3 heterocycles. The fraction of sp³-hybridized carbons (Fsp3) is 0.211. The number of fused-ring (bicyclic) bond motifs is 1. The second kappa shape index (κ2) is 8.15. The smallest absolute Gasteiger partial charge is 0.229 e. The Labute approximate surface area is 166 Å². The predicted octanol–water partition coefficient (Wildman–Crippen LogP) is 2.95. The Morgan fingerprint density at radius 2 is 2.10 bits per heavy atom. The number of nitrogens with one attached hydrogen (secondary N) is 1. The van der Waals surface area contributed by atoms with Gasteiger partial charge in [0, 0.05) is 18.4 Å². The molecule has 148 valence electrons. The van der Waals surface area contributed by atoms with Crippen LogP contribution in [0.2, 0.25) is 0 Å². The van der Waals surface area contributed by atoms with E-state index in [1.54, 1.807) is 6.20 Å². The van der Waals surface area contributed by atoms with Crippen molar-refractivity contribution in [3.8, 4) is 11.4 Å². The van der Waals surface area contributed by atoms with Crippen LogP contribution in [0.25, 0.3) is 11.4 Å². The van der Waals surface area contributed by atoms with Gasteiger partial charge in [-0.05, 0) is 18.6 Å². The zero-order chi connectivity index (χ0) is 20.2. The molecule has 0 bridgehead atoms. The maximum absolute atomic E-state index is 13.8. The van der Waals surface area contributed by atoms with Crippen LogP contribution in [0, 0.1) is 5.82 Å². The highest BCUT2D eigenvalue weighted by Gasteiger charge is 2.29. The SMILES string of the molecule is CCOC1N=C(N=NN)c2nc(-c3cncc(F)c3)n(Cc3ccccc3)c2N1. The molecule has 0 aliphatic carbocycles. The van der Waals surface area contributed by atoms with Crippen molar-refractivity contribution in [3.05, 3.63) is 65.9 Å². The monoisotopic (exact) mass is 394 g/mol. The van der Waals surface area contributed by atoms with Gasteiger partial charge < -0.3 is 20.5 Å². The lowest BCUT2D eigenvalue weighted by Crippen LogP contribution is -2.29. The van der Waals surface area contributed by atoms with Crippen LogP contribution < -0.4 is 11.2 Å². The number of nitrogens with zero attached hydrogens (tertiary/aromatic N) is 6. The van der Waals surface area contributed by atoms with E-state index in [4.69, 9.17) is 10.6 Å². The van der Waals surface area contributed by atoms with E-state index in [1.807, 2.05) is 41.8 Å². The average Bonchev–Trinajstić information content (AvgIpc) is 3.08. The molecule has 1 unspecified atom stereocenters. The molecule has 4 rings (SSSR count). The Kier molecular flexibility index (Phi) is 5.25. The molecule has 3 N–H and O–H groups in total. The Morgan fingerprint density at radius 1 is 1.28 bits per heavy atom. The Bertz CT molecular complexity index is 1060. The third-order valence-electron chi connectivity index (χ3n) is 4.30. The predicted molar refractivity (Wildman–Crippen MR) is 106 cm³/mol. The first-order valence-electron chi connectivity index (χ1n) is 9.02. The molecule has 29 heavy (non-hydrogen) atoms. The zero-order valence-electron chi connectivity index (χ0n) is 15.7. The maximum atomic E-state index is 13.8. The molecule has 10 heteroatoms. The lowest BCUT2D eigenvalue weighted by atomic mass is 10.2. The minimum Gasteiger partial charge on any atom is -0.339 e. The van der Waals surface area contributed by atoms with Crippen molar-refractivity contribution in [1.82, 2.24) is 14.5 Å². The van der Waals surface area contributed by atoms with Gasteiger partial charge in [-0.3, -0.25) is 4.98 Å². The van der Waals surface area contributed by atoms with Crippen LogP contribution in [-0.4, -0.2) is 33.3 Å². The quantitative estimate of drug-likeness (QED) is 0.392. The van der Waals surface area contributed by atoms with E-state index < -0.39 is 12.2 Å². The minimum absolute atomic E-state index is 0.233. The summed E-state index contributed by atoms with van der Waals surface area (Å²) in [6.07, 6.45) is 2.03. The number of ether oxygens (including phenoxy) is 1. The molecule has 1 aliphatic rings. The number of hydrogen-bond donors (Lipinski definition) is 2. The maximum Gasteiger partial charge on any atom is 0.229 e. The number of aromatic nitrogens is 3. The molecule has 0 radical (unpaired) electrons. The number of hydrogen-bond acceptors (Lipinski definition) is 7. The molecule has 0 amide bonds. The third-order valence-corrected chi connectivity index (χ3v) is 4.30. The largest absolute Gasteiger partial charge is 0.339 e. The first-order valence-corrected chi connectivity index (χ1v) is 9.02. The van der Waals surface area contributed by atoms with Gasteiger partial charge in [0.15, 0.2) is 5.69 Å². The Balaban J connectivity index is 1.88. The first kappa shape index (κ1) is 18.7. The summed E-state index contributed by atoms with van der Waals surface area (Å²) in [7, 11) is 0. The minimum atomic E-state index is -0.669. The summed E-state index contributed by atoms with van der Waals surface area (Å²) in [4.78, 5) is 13.0. The summed E-state index contributed by atoms with van der Waals surface area (Å²) in [6, 6.07) is 11.2. The van der Waals surface area contributed by atoms with Gasteiger partial charge in [-0.15, -0.1) is 5.11 Å². The number of halogens is 1. The number of aliphatic imine (C=N–C) groups is 1. The van der Waals surface area contributed by atoms with Crippen LogP contribution in [0.5, 0.6) is 0 Å². The molecule has 1 aromatic carbocycles. The van der Waals surface area contributed by atoms with Gasteiger partial charge in [0.2, 0.25) is 12.2 Å². The van der Waals surface area contributed by atoms with Crippen molar-refractivity contribution in [1.29, 1.82) is 0 Å². The molecular formula is C19H19FN8O. The van der Waals surface area contributed by atoms with Gasteiger partial charge in [-0.2, -0.15) is 0 Å². The number of pyridine rings is 1. The number of amidine groups is 1. The number of rotatable bonds is 5. The van der Waals surface area contributed by atoms with Gasteiger partial charge >= 0.3 is 0 Å². The second-order valence-electron chi connectivity index (χ2n) is 6.22. The van der Waals surface area contributed by atoms with E-state index in [9.17, 15) is 4.39 Å². The van der Waals surface area contributed by atoms with E-state index in [0.29, 0.717) is 36.1 Å². The van der Waals surface area contributed by atoms with E-state index in [1.165, 1.54) is 6.07 Å². The normalized spacial score (nSPS) is 15.8. The fourth-order valence-electron chi connectivity index (χ4n) is 3.12. The molecule has 0 spiro atoms. The number of anilines is 1. The molecule has 0 saturated carbocycles. The van der Waals surface area contributed by atoms with Crippen LogP contribution in [-0.2, 0) is 11.3 Å². The molecule has 9 nitrogen and oxygen atoms in total. The van der Waals surface area contributed by atoms with Crippen LogP contribution in [0.15, 0.2) is 64.1 Å². The summed E-state index contributed by atoms with van der Waals surface area (Å²) in [5.74, 6) is 6.18. The third kappa shape index (κ3) is 3.83. The number of benzene rings is 1. The summed E-state index contributed by atoms with van der Waals surface area (Å²) >= 11 is 0. The zero-order valence-corrected chi connectivity index (χ0v) is 15.7. The number of imidazole rings is 1. The van der Waals surface area contributed by atoms with Crippen molar-refractivity contribution in [2.45, 2.75) is 19.8 Å². The first-order chi connectivity index (χ1) is 14.2. The second-order valence-corrected chi connectivity index (χ2v) is 6.22. The topological polar surface area (TPSA) is 115 Å². The lowest BCUT2D eigenvalue weighted by molar-refractivity contribution is 0.0880. The van der Waals surface area contributed by atoms with E-state index in [0.717, 1.165) is 11.8 Å². The van der Waals surface area contributed by atoms with E-state index in [-0.39, 0.29) is 5.84 Å². The van der Waals surface area contributed by atoms with Gasteiger partial charge in [-0.1, -0.05) is 35.6 Å². The van der Waals surface area contributed by atoms with Gasteiger partial charge in [0.25, 0.3) is 0 Å². The highest BCUT2D eigenvalue weighted by Crippen LogP contribution is 2.31. The highest BCUT2D eigenvalue weighted by atomic mass is 19.1. The average molecular weight is 394 g/mol.